The van der Waals surface area contributed by atoms with Gasteiger partial charge >= 0.3 is 0 Å². The largest absolute Gasteiger partial charge is 0.377 e. The summed E-state index contributed by atoms with van der Waals surface area (Å²) in [4.78, 5) is 23.8. The van der Waals surface area contributed by atoms with E-state index in [0.29, 0.717) is 25.9 Å². The second kappa shape index (κ2) is 9.30. The number of nitro benzene ring substituents is 1. The Bertz CT molecular complexity index is 817. The van der Waals surface area contributed by atoms with Crippen LogP contribution in [0.1, 0.15) is 26.7 Å². The summed E-state index contributed by atoms with van der Waals surface area (Å²) >= 11 is 0. The molecule has 1 aliphatic rings. The van der Waals surface area contributed by atoms with E-state index in [0.717, 1.165) is 6.07 Å². The number of likely N-dealkylation sites (tertiary alicyclic amines) is 1. The Morgan fingerprint density at radius 1 is 1.32 bits per heavy atom. The van der Waals surface area contributed by atoms with E-state index in [4.69, 9.17) is 5.73 Å². The molecule has 2 rings (SSSR count). The lowest BCUT2D eigenvalue weighted by Crippen LogP contribution is -2.43. The molecule has 1 amide bonds. The fourth-order valence-electron chi connectivity index (χ4n) is 3.33. The summed E-state index contributed by atoms with van der Waals surface area (Å²) in [6.07, 6.45) is 1.40. The highest BCUT2D eigenvalue weighted by Crippen LogP contribution is 2.30. The van der Waals surface area contributed by atoms with Crippen molar-refractivity contribution < 1.29 is 18.1 Å². The van der Waals surface area contributed by atoms with Crippen molar-refractivity contribution in [3.05, 3.63) is 28.3 Å². The zero-order chi connectivity index (χ0) is 20.9. The molecule has 1 aromatic rings. The quantitative estimate of drug-likeness (QED) is 0.454. The number of sulfonamides is 1. The van der Waals surface area contributed by atoms with Crippen molar-refractivity contribution in [1.29, 1.82) is 0 Å². The van der Waals surface area contributed by atoms with Crippen molar-refractivity contribution in [3.8, 4) is 0 Å². The summed E-state index contributed by atoms with van der Waals surface area (Å²) in [5.74, 6) is -0.382. The smallest absolute Gasteiger partial charge is 0.293 e. The van der Waals surface area contributed by atoms with Crippen LogP contribution >= 0.6 is 0 Å². The summed E-state index contributed by atoms with van der Waals surface area (Å²) in [5, 5.41) is 14.7. The molecule has 1 fully saturated rings. The van der Waals surface area contributed by atoms with E-state index in [1.807, 2.05) is 4.90 Å². The summed E-state index contributed by atoms with van der Waals surface area (Å²) in [7, 11) is -3.78. The lowest BCUT2D eigenvalue weighted by molar-refractivity contribution is -0.384. The van der Waals surface area contributed by atoms with Crippen LogP contribution in [0.2, 0.25) is 0 Å². The molecule has 0 atom stereocenters. The molecule has 0 aromatic heterocycles. The van der Waals surface area contributed by atoms with Gasteiger partial charge in [0.05, 0.1) is 16.4 Å². The number of benzene rings is 1. The van der Waals surface area contributed by atoms with Gasteiger partial charge in [0.2, 0.25) is 15.9 Å². The van der Waals surface area contributed by atoms with E-state index in [2.05, 4.69) is 5.32 Å². The molecule has 1 heterocycles. The van der Waals surface area contributed by atoms with Crippen molar-refractivity contribution in [2.75, 3.05) is 38.0 Å². The van der Waals surface area contributed by atoms with Crippen LogP contribution < -0.4 is 11.1 Å². The SMILES string of the molecule is CCN(CC)S(=O)(=O)c1ccc(NC2CCN(CC(N)=O)CC2)c([N+](=O)[O-])c1. The number of hydrogen-bond donors (Lipinski definition) is 2. The van der Waals surface area contributed by atoms with Crippen LogP contribution in [0.5, 0.6) is 0 Å². The minimum absolute atomic E-state index is 0.00642. The van der Waals surface area contributed by atoms with Gasteiger partial charge in [-0.25, -0.2) is 8.42 Å². The Balaban J connectivity index is 2.18. The van der Waals surface area contributed by atoms with E-state index in [-0.39, 0.29) is 47.9 Å². The van der Waals surface area contributed by atoms with Gasteiger partial charge in [-0.1, -0.05) is 13.8 Å². The number of nitrogens with zero attached hydrogens (tertiary/aromatic N) is 3. The molecule has 1 saturated heterocycles. The first-order chi connectivity index (χ1) is 13.2. The molecule has 1 aliphatic heterocycles. The molecule has 3 N–H and O–H groups in total. The molecule has 10 nitrogen and oxygen atoms in total. The van der Waals surface area contributed by atoms with Gasteiger partial charge in [-0.05, 0) is 25.0 Å². The van der Waals surface area contributed by atoms with Crippen molar-refractivity contribution in [1.82, 2.24) is 9.21 Å². The number of primary amides is 1. The lowest BCUT2D eigenvalue weighted by atomic mass is 10.0. The molecule has 0 aliphatic carbocycles. The van der Waals surface area contributed by atoms with Gasteiger partial charge in [0.15, 0.2) is 0 Å². The normalized spacial score (nSPS) is 16.2. The molecule has 0 radical (unpaired) electrons. The topological polar surface area (TPSA) is 139 Å². The van der Waals surface area contributed by atoms with Crippen LogP contribution in [0.3, 0.4) is 0 Å². The van der Waals surface area contributed by atoms with Gasteiger partial charge in [-0.3, -0.25) is 19.8 Å². The van der Waals surface area contributed by atoms with Crippen LogP contribution in [-0.2, 0) is 14.8 Å². The van der Waals surface area contributed by atoms with Gasteiger partial charge in [-0.15, -0.1) is 0 Å². The van der Waals surface area contributed by atoms with Crippen molar-refractivity contribution in [3.63, 3.8) is 0 Å². The molecule has 0 bridgehead atoms. The molecule has 0 saturated carbocycles. The standard InChI is InChI=1S/C17H27N5O5S/c1-3-21(4-2)28(26,27)14-5-6-15(16(11-14)22(24)25)19-13-7-9-20(10-8-13)12-17(18)23/h5-6,11,13,19H,3-4,7-10,12H2,1-2H3,(H2,18,23). The maximum atomic E-state index is 12.6. The summed E-state index contributed by atoms with van der Waals surface area (Å²) in [6.45, 7) is 5.52. The number of nitro groups is 1. The van der Waals surface area contributed by atoms with Crippen molar-refractivity contribution in [2.24, 2.45) is 5.73 Å². The zero-order valence-corrected chi connectivity index (χ0v) is 16.9. The molecule has 11 heteroatoms. The molecule has 28 heavy (non-hydrogen) atoms. The fourth-order valence-corrected chi connectivity index (χ4v) is 4.81. The van der Waals surface area contributed by atoms with Crippen molar-refractivity contribution >= 4 is 27.3 Å². The lowest BCUT2D eigenvalue weighted by Gasteiger charge is -2.31. The maximum absolute atomic E-state index is 12.6. The van der Waals surface area contributed by atoms with Crippen LogP contribution in [0, 0.1) is 10.1 Å². The highest BCUT2D eigenvalue weighted by Gasteiger charge is 2.27. The number of carbonyl (C=O) groups excluding carboxylic acids is 1. The highest BCUT2D eigenvalue weighted by molar-refractivity contribution is 7.89. The third-order valence-corrected chi connectivity index (χ3v) is 6.88. The Labute approximate surface area is 164 Å². The second-order valence-corrected chi connectivity index (χ2v) is 8.62. The third kappa shape index (κ3) is 5.18. The molecule has 1 aromatic carbocycles. The van der Waals surface area contributed by atoms with Gasteiger partial charge in [-0.2, -0.15) is 4.31 Å². The van der Waals surface area contributed by atoms with E-state index in [9.17, 15) is 23.3 Å². The zero-order valence-electron chi connectivity index (χ0n) is 16.1. The molecule has 0 spiro atoms. The summed E-state index contributed by atoms with van der Waals surface area (Å²) < 4.78 is 26.5. The highest BCUT2D eigenvalue weighted by atomic mass is 32.2. The average molecular weight is 414 g/mol. The number of rotatable bonds is 9. The Kier molecular flexibility index (Phi) is 7.33. The number of piperidine rings is 1. The van der Waals surface area contributed by atoms with Crippen LogP contribution in [0.15, 0.2) is 23.1 Å². The monoisotopic (exact) mass is 413 g/mol. The molecule has 0 unspecified atom stereocenters. The Hall–Kier alpha value is -2.24. The molecular weight excluding hydrogens is 386 g/mol. The van der Waals surface area contributed by atoms with E-state index in [1.165, 1.54) is 16.4 Å². The van der Waals surface area contributed by atoms with Crippen LogP contribution in [-0.4, -0.2) is 67.2 Å². The number of nitrogens with two attached hydrogens (primary N) is 1. The first kappa shape index (κ1) is 22.1. The number of anilines is 1. The fraction of sp³-hybridized carbons (Fsp3) is 0.588. The molecule has 156 valence electrons. The first-order valence-corrected chi connectivity index (χ1v) is 10.7. The predicted molar refractivity (Wildman–Crippen MR) is 105 cm³/mol. The number of amides is 1. The molecular formula is C17H27N5O5S. The van der Waals surface area contributed by atoms with Crippen LogP contribution in [0.25, 0.3) is 0 Å². The summed E-state index contributed by atoms with van der Waals surface area (Å²) in [5.41, 5.74) is 5.22. The van der Waals surface area contributed by atoms with E-state index >= 15 is 0 Å². The average Bonchev–Trinajstić information content (AvgIpc) is 2.63. The van der Waals surface area contributed by atoms with Crippen LogP contribution in [0.4, 0.5) is 11.4 Å². The number of carbonyl (C=O) groups is 1. The van der Waals surface area contributed by atoms with Gasteiger partial charge < -0.3 is 11.1 Å². The van der Waals surface area contributed by atoms with Gasteiger partial charge in [0.1, 0.15) is 5.69 Å². The van der Waals surface area contributed by atoms with Gasteiger partial charge in [0.25, 0.3) is 5.69 Å². The van der Waals surface area contributed by atoms with Gasteiger partial charge in [0, 0.05) is 38.3 Å². The minimum atomic E-state index is -3.78. The van der Waals surface area contributed by atoms with Crippen molar-refractivity contribution in [2.45, 2.75) is 37.6 Å². The summed E-state index contributed by atoms with van der Waals surface area (Å²) in [6, 6.07) is 3.95. The first-order valence-electron chi connectivity index (χ1n) is 9.24. The van der Waals surface area contributed by atoms with E-state index in [1.54, 1.807) is 13.8 Å². The maximum Gasteiger partial charge on any atom is 0.293 e. The predicted octanol–water partition coefficient (Wildman–Crippen LogP) is 0.987. The Morgan fingerprint density at radius 2 is 1.93 bits per heavy atom. The minimum Gasteiger partial charge on any atom is -0.377 e. The Morgan fingerprint density at radius 3 is 2.43 bits per heavy atom. The third-order valence-electron chi connectivity index (χ3n) is 4.84. The number of nitrogens with one attached hydrogen (secondary N) is 1. The second-order valence-electron chi connectivity index (χ2n) is 6.69. The number of hydrogen-bond acceptors (Lipinski definition) is 7. The van der Waals surface area contributed by atoms with E-state index < -0.39 is 14.9 Å².